The summed E-state index contributed by atoms with van der Waals surface area (Å²) in [5, 5.41) is 6.47. The Labute approximate surface area is 175 Å². The second-order valence-electron chi connectivity index (χ2n) is 8.57. The maximum absolute atomic E-state index is 12.5. The highest BCUT2D eigenvalue weighted by Crippen LogP contribution is 2.26. The summed E-state index contributed by atoms with van der Waals surface area (Å²) in [4.78, 5) is 25.1. The number of anilines is 2. The van der Waals surface area contributed by atoms with Gasteiger partial charge in [0, 0.05) is 33.5 Å². The van der Waals surface area contributed by atoms with Crippen LogP contribution in [-0.2, 0) is 0 Å². The summed E-state index contributed by atoms with van der Waals surface area (Å²) in [6.45, 7) is 12.4. The predicted molar refractivity (Wildman–Crippen MR) is 122 cm³/mol. The highest BCUT2D eigenvalue weighted by atomic mass is 16.1. The summed E-state index contributed by atoms with van der Waals surface area (Å²) in [7, 11) is 0. The van der Waals surface area contributed by atoms with Gasteiger partial charge < -0.3 is 10.6 Å². The van der Waals surface area contributed by atoms with Gasteiger partial charge in [0.15, 0.2) is 5.78 Å². The first-order valence-electron chi connectivity index (χ1n) is 10.5. The molecule has 4 heteroatoms. The maximum Gasteiger partial charge on any atom is 0.255 e. The van der Waals surface area contributed by atoms with Gasteiger partial charge in [0.1, 0.15) is 0 Å². The molecule has 2 N–H and O–H groups in total. The lowest BCUT2D eigenvalue weighted by molar-refractivity contribution is 0.0832. The van der Waals surface area contributed by atoms with Gasteiger partial charge in [0.2, 0.25) is 0 Å². The van der Waals surface area contributed by atoms with E-state index in [4.69, 9.17) is 0 Å². The van der Waals surface area contributed by atoms with Crippen LogP contribution in [0.1, 0.15) is 81.5 Å². The van der Waals surface area contributed by atoms with Crippen molar-refractivity contribution in [2.75, 3.05) is 10.6 Å². The van der Waals surface area contributed by atoms with Crippen molar-refractivity contribution in [2.45, 2.75) is 66.3 Å². The first-order chi connectivity index (χ1) is 13.6. The summed E-state index contributed by atoms with van der Waals surface area (Å²) < 4.78 is 0. The largest absolute Gasteiger partial charge is 0.380 e. The molecule has 0 spiro atoms. The molecule has 0 aliphatic carbocycles. The number of amides is 1. The Balaban J connectivity index is 2.04. The first kappa shape index (κ1) is 22.7. The average molecular weight is 395 g/mol. The Morgan fingerprint density at radius 2 is 1.21 bits per heavy atom. The van der Waals surface area contributed by atoms with Gasteiger partial charge in [0.25, 0.3) is 5.91 Å². The summed E-state index contributed by atoms with van der Waals surface area (Å²) in [6, 6.07) is 14.6. The number of hydrogen-bond donors (Lipinski definition) is 2. The zero-order valence-corrected chi connectivity index (χ0v) is 18.6. The van der Waals surface area contributed by atoms with Crippen LogP contribution in [0.25, 0.3) is 0 Å². The molecular formula is C25H34N2O2. The molecule has 0 aliphatic heterocycles. The highest BCUT2D eigenvalue weighted by molar-refractivity contribution is 6.05. The van der Waals surface area contributed by atoms with E-state index in [1.807, 2.05) is 45.0 Å². The van der Waals surface area contributed by atoms with Crippen molar-refractivity contribution in [2.24, 2.45) is 5.41 Å². The van der Waals surface area contributed by atoms with Crippen molar-refractivity contribution in [1.82, 2.24) is 0 Å². The topological polar surface area (TPSA) is 58.2 Å². The molecular weight excluding hydrogens is 360 g/mol. The third-order valence-corrected chi connectivity index (χ3v) is 6.06. The quantitative estimate of drug-likeness (QED) is 0.474. The molecule has 2 aromatic carbocycles. The molecule has 1 amide bonds. The molecule has 4 nitrogen and oxygen atoms in total. The van der Waals surface area contributed by atoms with Crippen LogP contribution >= 0.6 is 0 Å². The molecule has 156 valence electrons. The molecule has 0 saturated heterocycles. The van der Waals surface area contributed by atoms with Crippen LogP contribution in [0.2, 0.25) is 0 Å². The fourth-order valence-electron chi connectivity index (χ4n) is 2.94. The molecule has 29 heavy (non-hydrogen) atoms. The fraction of sp³-hybridized carbons (Fsp3) is 0.440. The van der Waals surface area contributed by atoms with Gasteiger partial charge in [-0.1, -0.05) is 46.8 Å². The average Bonchev–Trinajstić information content (AvgIpc) is 2.74. The smallest absolute Gasteiger partial charge is 0.255 e. The van der Waals surface area contributed by atoms with Crippen molar-refractivity contribution in [3.63, 3.8) is 0 Å². The third kappa shape index (κ3) is 5.69. The van der Waals surface area contributed by atoms with Crippen molar-refractivity contribution in [1.29, 1.82) is 0 Å². The Morgan fingerprint density at radius 3 is 1.69 bits per heavy atom. The van der Waals surface area contributed by atoms with Crippen LogP contribution in [0, 0.1) is 5.41 Å². The molecule has 0 saturated carbocycles. The molecule has 2 rings (SSSR count). The minimum Gasteiger partial charge on any atom is -0.380 e. The van der Waals surface area contributed by atoms with E-state index in [2.05, 4.69) is 31.4 Å². The van der Waals surface area contributed by atoms with E-state index in [1.165, 1.54) is 0 Å². The molecule has 2 aromatic rings. The molecule has 0 bridgehead atoms. The van der Waals surface area contributed by atoms with E-state index in [0.29, 0.717) is 11.1 Å². The Kier molecular flexibility index (Phi) is 7.23. The molecule has 0 atom stereocenters. The normalized spacial score (nSPS) is 11.8. The Hall–Kier alpha value is -2.62. The molecule has 0 fully saturated rings. The standard InChI is InChI=1S/C25H34N2O2/c1-7-24(4,5)22(28)18-10-12-19(13-11-18)23(29)26-20-14-16-21(17-15-20)27-25(6,8-2)9-3/h10-17,27H,7-9H2,1-6H3,(H,26,29). The predicted octanol–water partition coefficient (Wildman–Crippen LogP) is 6.55. The van der Waals surface area contributed by atoms with E-state index in [1.54, 1.807) is 24.3 Å². The summed E-state index contributed by atoms with van der Waals surface area (Å²) >= 11 is 0. The van der Waals surface area contributed by atoms with Crippen molar-refractivity contribution in [3.8, 4) is 0 Å². The second kappa shape index (κ2) is 9.25. The van der Waals surface area contributed by atoms with E-state index in [0.717, 1.165) is 30.6 Å². The summed E-state index contributed by atoms with van der Waals surface area (Å²) in [5.41, 5.74) is 2.61. The van der Waals surface area contributed by atoms with Gasteiger partial charge in [-0.2, -0.15) is 0 Å². The minimum absolute atomic E-state index is 0.0658. The van der Waals surface area contributed by atoms with E-state index in [-0.39, 0.29) is 17.2 Å². The minimum atomic E-state index is -0.398. The SMILES string of the molecule is CCC(C)(CC)Nc1ccc(NC(=O)c2ccc(C(=O)C(C)(C)CC)cc2)cc1. The second-order valence-corrected chi connectivity index (χ2v) is 8.57. The van der Waals surface area contributed by atoms with Gasteiger partial charge >= 0.3 is 0 Å². The molecule has 0 radical (unpaired) electrons. The van der Waals surface area contributed by atoms with Gasteiger partial charge in [-0.25, -0.2) is 0 Å². The summed E-state index contributed by atoms with van der Waals surface area (Å²) in [5.74, 6) is -0.0902. The van der Waals surface area contributed by atoms with E-state index < -0.39 is 5.41 Å². The molecule has 0 aliphatic rings. The first-order valence-corrected chi connectivity index (χ1v) is 10.5. The van der Waals surface area contributed by atoms with Crippen molar-refractivity contribution >= 4 is 23.1 Å². The van der Waals surface area contributed by atoms with Gasteiger partial charge in [-0.05, 0) is 62.6 Å². The number of nitrogens with one attached hydrogen (secondary N) is 2. The maximum atomic E-state index is 12.5. The molecule has 0 unspecified atom stereocenters. The zero-order valence-electron chi connectivity index (χ0n) is 18.6. The number of hydrogen-bond acceptors (Lipinski definition) is 3. The lowest BCUT2D eigenvalue weighted by atomic mass is 9.82. The van der Waals surface area contributed by atoms with Crippen LogP contribution in [0.3, 0.4) is 0 Å². The number of rotatable bonds is 9. The number of ketones is 1. The zero-order chi connectivity index (χ0) is 21.7. The monoisotopic (exact) mass is 394 g/mol. The van der Waals surface area contributed by atoms with Crippen LogP contribution in [0.5, 0.6) is 0 Å². The van der Waals surface area contributed by atoms with Crippen LogP contribution < -0.4 is 10.6 Å². The Bertz CT molecular complexity index is 832. The number of benzene rings is 2. The van der Waals surface area contributed by atoms with Gasteiger partial charge in [-0.3, -0.25) is 9.59 Å². The third-order valence-electron chi connectivity index (χ3n) is 6.06. The number of carbonyl (C=O) groups is 2. The molecule has 0 aromatic heterocycles. The lowest BCUT2D eigenvalue weighted by Crippen LogP contribution is -2.32. The molecule has 0 heterocycles. The van der Waals surface area contributed by atoms with Crippen molar-refractivity contribution < 1.29 is 9.59 Å². The van der Waals surface area contributed by atoms with E-state index in [9.17, 15) is 9.59 Å². The fourth-order valence-corrected chi connectivity index (χ4v) is 2.94. The van der Waals surface area contributed by atoms with Crippen LogP contribution in [0.4, 0.5) is 11.4 Å². The Morgan fingerprint density at radius 1 is 0.724 bits per heavy atom. The van der Waals surface area contributed by atoms with Crippen LogP contribution in [-0.4, -0.2) is 17.2 Å². The number of carbonyl (C=O) groups excluding carboxylic acids is 2. The summed E-state index contributed by atoms with van der Waals surface area (Å²) in [6.07, 6.45) is 2.85. The van der Waals surface area contributed by atoms with Gasteiger partial charge in [-0.15, -0.1) is 0 Å². The van der Waals surface area contributed by atoms with E-state index >= 15 is 0 Å². The van der Waals surface area contributed by atoms with Crippen molar-refractivity contribution in [3.05, 3.63) is 59.7 Å². The van der Waals surface area contributed by atoms with Crippen LogP contribution in [0.15, 0.2) is 48.5 Å². The highest BCUT2D eigenvalue weighted by Gasteiger charge is 2.26. The lowest BCUT2D eigenvalue weighted by Gasteiger charge is -2.29. The van der Waals surface area contributed by atoms with Gasteiger partial charge in [0.05, 0.1) is 0 Å². The number of Topliss-reactive ketones (excluding diaryl/α,β-unsaturated/α-hetero) is 1.